The van der Waals surface area contributed by atoms with E-state index in [1.807, 2.05) is 18.2 Å². The number of aromatic nitrogens is 2. The van der Waals surface area contributed by atoms with Gasteiger partial charge in [0.2, 0.25) is 0 Å². The van der Waals surface area contributed by atoms with E-state index < -0.39 is 0 Å². The highest BCUT2D eigenvalue weighted by Gasteiger charge is 2.53. The molecule has 1 amide bonds. The van der Waals surface area contributed by atoms with E-state index in [9.17, 15) is 9.59 Å². The van der Waals surface area contributed by atoms with Crippen molar-refractivity contribution in [3.8, 4) is 0 Å². The van der Waals surface area contributed by atoms with E-state index in [4.69, 9.17) is 0 Å². The lowest BCUT2D eigenvalue weighted by atomic mass is 9.48. The fourth-order valence-corrected chi connectivity index (χ4v) is 6.99. The molecule has 0 saturated heterocycles. The van der Waals surface area contributed by atoms with Crippen molar-refractivity contribution in [3.63, 3.8) is 0 Å². The van der Waals surface area contributed by atoms with Gasteiger partial charge in [0.1, 0.15) is 0 Å². The summed E-state index contributed by atoms with van der Waals surface area (Å²) >= 11 is 0. The summed E-state index contributed by atoms with van der Waals surface area (Å²) in [4.78, 5) is 26.2. The van der Waals surface area contributed by atoms with Gasteiger partial charge in [0.25, 0.3) is 11.5 Å². The lowest BCUT2D eigenvalue weighted by molar-refractivity contribution is -0.0688. The molecule has 160 valence electrons. The van der Waals surface area contributed by atoms with Crippen LogP contribution in [0.15, 0.2) is 29.1 Å². The molecule has 4 aliphatic rings. The quantitative estimate of drug-likeness (QED) is 0.765. The SMILES string of the molecule is CCCCn1nc(C(=O)NC(C)C23CC4CC(CC(C4)C2)C3)c2ccccc2c1=O. The Labute approximate surface area is 178 Å². The predicted octanol–water partition coefficient (Wildman–Crippen LogP) is 4.53. The monoisotopic (exact) mass is 407 g/mol. The lowest BCUT2D eigenvalue weighted by Crippen LogP contribution is -2.56. The van der Waals surface area contributed by atoms with Gasteiger partial charge >= 0.3 is 0 Å². The van der Waals surface area contributed by atoms with Crippen molar-refractivity contribution < 1.29 is 4.79 Å². The molecule has 0 spiro atoms. The molecule has 6 rings (SSSR count). The van der Waals surface area contributed by atoms with Crippen LogP contribution in [-0.2, 0) is 6.54 Å². The minimum Gasteiger partial charge on any atom is -0.348 e. The molecule has 30 heavy (non-hydrogen) atoms. The van der Waals surface area contributed by atoms with Crippen LogP contribution in [-0.4, -0.2) is 21.7 Å². The van der Waals surface area contributed by atoms with E-state index in [1.54, 1.807) is 6.07 Å². The van der Waals surface area contributed by atoms with Crippen molar-refractivity contribution in [2.45, 2.75) is 77.8 Å². The topological polar surface area (TPSA) is 64.0 Å². The highest BCUT2D eigenvalue weighted by atomic mass is 16.2. The second-order valence-corrected chi connectivity index (χ2v) is 10.3. The Hall–Kier alpha value is -2.17. The van der Waals surface area contributed by atoms with Gasteiger partial charge in [-0.2, -0.15) is 5.10 Å². The van der Waals surface area contributed by atoms with E-state index in [0.29, 0.717) is 23.0 Å². The first-order valence-corrected chi connectivity index (χ1v) is 11.8. The molecule has 2 aromatic rings. The molecular formula is C25H33N3O2. The van der Waals surface area contributed by atoms with Crippen LogP contribution in [0.4, 0.5) is 0 Å². The first kappa shape index (κ1) is 19.8. The van der Waals surface area contributed by atoms with E-state index in [1.165, 1.54) is 43.2 Å². The van der Waals surface area contributed by atoms with Gasteiger partial charge in [0.05, 0.1) is 5.39 Å². The normalized spacial score (nSPS) is 30.5. The number of hydrogen-bond acceptors (Lipinski definition) is 3. The molecule has 4 saturated carbocycles. The summed E-state index contributed by atoms with van der Waals surface area (Å²) in [5.74, 6) is 2.42. The van der Waals surface area contributed by atoms with E-state index in [0.717, 1.165) is 30.6 Å². The number of benzene rings is 1. The molecule has 1 aromatic carbocycles. The van der Waals surface area contributed by atoms with Crippen molar-refractivity contribution in [2.24, 2.45) is 23.2 Å². The fourth-order valence-electron chi connectivity index (χ4n) is 6.99. The van der Waals surface area contributed by atoms with Gasteiger partial charge in [-0.25, -0.2) is 4.68 Å². The fraction of sp³-hybridized carbons (Fsp3) is 0.640. The van der Waals surface area contributed by atoms with Crippen molar-refractivity contribution in [1.82, 2.24) is 15.1 Å². The minimum absolute atomic E-state index is 0.107. The Bertz CT molecular complexity index is 989. The third kappa shape index (κ3) is 3.27. The van der Waals surface area contributed by atoms with E-state index in [-0.39, 0.29) is 22.9 Å². The molecule has 1 aromatic heterocycles. The van der Waals surface area contributed by atoms with Gasteiger partial charge in [-0.05, 0) is 81.1 Å². The second kappa shape index (κ2) is 7.51. The zero-order valence-electron chi connectivity index (χ0n) is 18.2. The van der Waals surface area contributed by atoms with Gasteiger partial charge < -0.3 is 5.32 Å². The smallest absolute Gasteiger partial charge is 0.274 e. The minimum atomic E-state index is -0.139. The summed E-state index contributed by atoms with van der Waals surface area (Å²) in [6.45, 7) is 4.83. The van der Waals surface area contributed by atoms with Crippen LogP contribution in [0.2, 0.25) is 0 Å². The Morgan fingerprint density at radius 2 is 1.73 bits per heavy atom. The van der Waals surface area contributed by atoms with Crippen LogP contribution in [0.1, 0.15) is 75.7 Å². The summed E-state index contributed by atoms with van der Waals surface area (Å²) < 4.78 is 1.48. The molecule has 1 unspecified atom stereocenters. The summed E-state index contributed by atoms with van der Waals surface area (Å²) in [5, 5.41) is 9.10. The molecule has 5 nitrogen and oxygen atoms in total. The van der Waals surface area contributed by atoms with Gasteiger partial charge in [0.15, 0.2) is 5.69 Å². The summed E-state index contributed by atoms with van der Waals surface area (Å²) in [6, 6.07) is 7.52. The van der Waals surface area contributed by atoms with Gasteiger partial charge in [-0.3, -0.25) is 9.59 Å². The molecule has 0 radical (unpaired) electrons. The lowest BCUT2D eigenvalue weighted by Gasteiger charge is -2.59. The molecule has 0 aliphatic heterocycles. The molecule has 1 heterocycles. The average molecular weight is 408 g/mol. The first-order valence-electron chi connectivity index (χ1n) is 11.8. The number of aryl methyl sites for hydroxylation is 1. The van der Waals surface area contributed by atoms with Crippen LogP contribution in [0, 0.1) is 23.2 Å². The molecule has 1 atom stereocenters. The van der Waals surface area contributed by atoms with Gasteiger partial charge in [-0.1, -0.05) is 31.5 Å². The van der Waals surface area contributed by atoms with Crippen LogP contribution < -0.4 is 10.9 Å². The summed E-state index contributed by atoms with van der Waals surface area (Å²) in [7, 11) is 0. The van der Waals surface area contributed by atoms with Crippen molar-refractivity contribution >= 4 is 16.7 Å². The highest BCUT2D eigenvalue weighted by molar-refractivity contribution is 6.04. The number of hydrogen-bond donors (Lipinski definition) is 1. The number of nitrogens with one attached hydrogen (secondary N) is 1. The molecule has 4 bridgehead atoms. The van der Waals surface area contributed by atoms with Crippen molar-refractivity contribution in [3.05, 3.63) is 40.3 Å². The Morgan fingerprint density at radius 3 is 2.33 bits per heavy atom. The molecule has 4 fully saturated rings. The Morgan fingerprint density at radius 1 is 1.13 bits per heavy atom. The maximum atomic E-state index is 13.4. The van der Waals surface area contributed by atoms with Crippen LogP contribution >= 0.6 is 0 Å². The maximum absolute atomic E-state index is 13.4. The van der Waals surface area contributed by atoms with Gasteiger partial charge in [-0.15, -0.1) is 0 Å². The van der Waals surface area contributed by atoms with Crippen molar-refractivity contribution in [2.75, 3.05) is 0 Å². The van der Waals surface area contributed by atoms with Crippen LogP contribution in [0.5, 0.6) is 0 Å². The average Bonchev–Trinajstić information content (AvgIpc) is 2.72. The maximum Gasteiger partial charge on any atom is 0.274 e. The van der Waals surface area contributed by atoms with Crippen LogP contribution in [0.25, 0.3) is 10.8 Å². The predicted molar refractivity (Wildman–Crippen MR) is 118 cm³/mol. The standard InChI is InChI=1S/C25H33N3O2/c1-3-4-9-28-24(30)21-8-6-5-7-20(21)22(27-28)23(29)26-16(2)25-13-17-10-18(14-25)12-19(11-17)15-25/h5-8,16-19H,3-4,9-15H2,1-2H3,(H,26,29). The highest BCUT2D eigenvalue weighted by Crippen LogP contribution is 2.61. The number of nitrogens with zero attached hydrogens (tertiary/aromatic N) is 2. The number of rotatable bonds is 6. The Balaban J connectivity index is 1.45. The number of carbonyl (C=O) groups excluding carboxylic acids is 1. The molecule has 1 N–H and O–H groups in total. The number of unbranched alkanes of at least 4 members (excludes halogenated alkanes) is 1. The largest absolute Gasteiger partial charge is 0.348 e. The zero-order chi connectivity index (χ0) is 20.9. The third-order valence-corrected chi connectivity index (χ3v) is 8.16. The summed E-state index contributed by atoms with van der Waals surface area (Å²) in [6.07, 6.45) is 9.80. The van der Waals surface area contributed by atoms with Gasteiger partial charge in [0, 0.05) is 18.0 Å². The number of carbonyl (C=O) groups is 1. The van der Waals surface area contributed by atoms with E-state index >= 15 is 0 Å². The van der Waals surface area contributed by atoms with Crippen molar-refractivity contribution in [1.29, 1.82) is 0 Å². The van der Waals surface area contributed by atoms with Crippen LogP contribution in [0.3, 0.4) is 0 Å². The summed E-state index contributed by atoms with van der Waals surface area (Å²) in [5.41, 5.74) is 0.527. The Kier molecular flexibility index (Phi) is 4.95. The first-order chi connectivity index (χ1) is 14.5. The van der Waals surface area contributed by atoms with E-state index in [2.05, 4.69) is 24.3 Å². The molecular weight excluding hydrogens is 374 g/mol. The molecule has 5 heteroatoms. The molecule has 4 aliphatic carbocycles. The second-order valence-electron chi connectivity index (χ2n) is 10.3. The number of fused-ring (bicyclic) bond motifs is 1. The third-order valence-electron chi connectivity index (χ3n) is 8.16. The number of amides is 1. The zero-order valence-corrected chi connectivity index (χ0v) is 18.2.